The van der Waals surface area contributed by atoms with Gasteiger partial charge in [-0.25, -0.2) is 37.3 Å². The van der Waals surface area contributed by atoms with Crippen LogP contribution in [-0.4, -0.2) is 50.3 Å². The molecule has 39 heavy (non-hydrogen) atoms. The molecule has 0 aliphatic carbocycles. The van der Waals surface area contributed by atoms with Crippen molar-refractivity contribution in [2.75, 3.05) is 32.7 Å². The van der Waals surface area contributed by atoms with Crippen molar-refractivity contribution in [1.29, 1.82) is 0 Å². The molecule has 1 fully saturated rings. The maximum absolute atomic E-state index is 15.3. The van der Waals surface area contributed by atoms with E-state index in [0.717, 1.165) is 18.6 Å². The molecule has 1 aliphatic rings. The van der Waals surface area contributed by atoms with Gasteiger partial charge in [0.2, 0.25) is 21.9 Å². The van der Waals surface area contributed by atoms with Crippen molar-refractivity contribution < 1.29 is 31.4 Å². The fraction of sp³-hybridized carbons (Fsp3) is 0.269. The molecule has 1 aliphatic heterocycles. The highest BCUT2D eigenvalue weighted by molar-refractivity contribution is 7.89. The molecule has 0 amide bonds. The summed E-state index contributed by atoms with van der Waals surface area (Å²) < 4.78 is 70.9. The van der Waals surface area contributed by atoms with Crippen molar-refractivity contribution in [2.24, 2.45) is 11.1 Å². The summed E-state index contributed by atoms with van der Waals surface area (Å²) in [7, 11) is -3.18. The zero-order valence-corrected chi connectivity index (χ0v) is 21.9. The van der Waals surface area contributed by atoms with Gasteiger partial charge in [0.15, 0.2) is 5.82 Å². The fourth-order valence-corrected chi connectivity index (χ4v) is 5.13. The van der Waals surface area contributed by atoms with Crippen LogP contribution < -0.4 is 20.3 Å². The number of anilines is 1. The molecular formula is C26H25F2N5O5S. The molecule has 0 bridgehead atoms. The Balaban J connectivity index is 1.68. The largest absolute Gasteiger partial charge is 0.491 e. The van der Waals surface area contributed by atoms with Crippen molar-refractivity contribution in [1.82, 2.24) is 15.0 Å². The predicted octanol–water partition coefficient (Wildman–Crippen LogP) is 3.60. The molecular weight excluding hydrogens is 532 g/mol. The molecule has 4 N–H and O–H groups in total. The van der Waals surface area contributed by atoms with E-state index in [1.165, 1.54) is 19.4 Å². The summed E-state index contributed by atoms with van der Waals surface area (Å²) in [6.45, 7) is 3.43. The van der Waals surface area contributed by atoms with Crippen LogP contribution in [0.15, 0.2) is 41.4 Å². The van der Waals surface area contributed by atoms with E-state index >= 15 is 4.39 Å². The minimum Gasteiger partial charge on any atom is -0.491 e. The molecule has 5 rings (SSSR count). The van der Waals surface area contributed by atoms with Gasteiger partial charge in [-0.05, 0) is 49.2 Å². The van der Waals surface area contributed by atoms with E-state index < -0.39 is 32.1 Å². The zero-order chi connectivity index (χ0) is 27.9. The minimum atomic E-state index is -4.47. The highest BCUT2D eigenvalue weighted by Gasteiger charge is 2.25. The van der Waals surface area contributed by atoms with Crippen LogP contribution in [0.25, 0.3) is 33.2 Å². The first-order chi connectivity index (χ1) is 18.6. The van der Waals surface area contributed by atoms with Crippen LogP contribution in [0.1, 0.15) is 12.1 Å². The number of aryl methyl sites for hydroxylation is 1. The molecule has 1 saturated heterocycles. The Morgan fingerprint density at radius 2 is 1.95 bits per heavy atom. The second-order valence-corrected chi connectivity index (χ2v) is 10.7. The molecule has 3 heterocycles. The third-order valence-electron chi connectivity index (χ3n) is 6.48. The molecule has 1 unspecified atom stereocenters. The van der Waals surface area contributed by atoms with Crippen LogP contribution in [0.5, 0.6) is 11.6 Å². The number of ether oxygens (including phenoxy) is 3. The maximum Gasteiger partial charge on any atom is 0.240 e. The van der Waals surface area contributed by atoms with Gasteiger partial charge in [0, 0.05) is 29.7 Å². The number of sulfonamides is 1. The number of aromatic nitrogens is 3. The number of hydrogen-bond acceptors (Lipinski definition) is 9. The molecule has 4 aromatic rings. The number of rotatable bonds is 7. The highest BCUT2D eigenvalue weighted by atomic mass is 32.2. The summed E-state index contributed by atoms with van der Waals surface area (Å²) in [5, 5.41) is 5.79. The number of methoxy groups -OCH3 is 1. The summed E-state index contributed by atoms with van der Waals surface area (Å²) >= 11 is 0. The Kier molecular flexibility index (Phi) is 7.05. The molecule has 0 saturated carbocycles. The summed E-state index contributed by atoms with van der Waals surface area (Å²) in [5.74, 6) is -1.73. The number of halogens is 2. The number of nitrogens with two attached hydrogens (primary N) is 2. The fourth-order valence-electron chi connectivity index (χ4n) is 4.52. The molecule has 1 atom stereocenters. The zero-order valence-electron chi connectivity index (χ0n) is 21.1. The van der Waals surface area contributed by atoms with E-state index in [1.54, 1.807) is 19.1 Å². The average Bonchev–Trinajstić information content (AvgIpc) is 3.40. The summed E-state index contributed by atoms with van der Waals surface area (Å²) in [6, 6.07) is 6.55. The van der Waals surface area contributed by atoms with E-state index in [9.17, 15) is 12.8 Å². The van der Waals surface area contributed by atoms with Gasteiger partial charge in [0.05, 0.1) is 37.1 Å². The summed E-state index contributed by atoms with van der Waals surface area (Å²) in [6.07, 6.45) is 2.33. The number of benzene rings is 2. The third-order valence-corrected chi connectivity index (χ3v) is 7.41. The quantitative estimate of drug-likeness (QED) is 0.347. The lowest BCUT2D eigenvalue weighted by Gasteiger charge is -2.16. The second-order valence-electron chi connectivity index (χ2n) is 9.14. The first kappa shape index (κ1) is 26.7. The molecule has 204 valence electrons. The van der Waals surface area contributed by atoms with Crippen molar-refractivity contribution in [2.45, 2.75) is 18.2 Å². The Hall–Kier alpha value is -3.94. The van der Waals surface area contributed by atoms with Crippen LogP contribution >= 0.6 is 0 Å². The van der Waals surface area contributed by atoms with Crippen LogP contribution in [0.4, 0.5) is 14.7 Å². The van der Waals surface area contributed by atoms with Crippen LogP contribution in [0.2, 0.25) is 0 Å². The van der Waals surface area contributed by atoms with Gasteiger partial charge in [0.1, 0.15) is 22.0 Å². The van der Waals surface area contributed by atoms with E-state index in [4.69, 9.17) is 25.1 Å². The topological polar surface area (TPSA) is 153 Å². The van der Waals surface area contributed by atoms with Gasteiger partial charge >= 0.3 is 0 Å². The standard InChI is InChI=1S/C26H25F2N5O5S/c1-13-17-7-15(9-20(24(17)33-26(29)32-13)38-12-14-5-6-37-11-14)16-8-18(25(36-2)31-10-16)22-19(27)3-4-21(23(22)28)39(30,34)35/h3-4,7-10,14H,5-6,11-12H2,1-2H3,(H2,29,32,33)(H2,30,34,35). The number of pyridine rings is 1. The van der Waals surface area contributed by atoms with Crippen molar-refractivity contribution in [3.05, 3.63) is 53.9 Å². The van der Waals surface area contributed by atoms with Crippen molar-refractivity contribution >= 4 is 26.9 Å². The summed E-state index contributed by atoms with van der Waals surface area (Å²) in [4.78, 5) is 12.0. The highest BCUT2D eigenvalue weighted by Crippen LogP contribution is 2.39. The van der Waals surface area contributed by atoms with Gasteiger partial charge in [-0.3, -0.25) is 0 Å². The normalized spacial score (nSPS) is 15.6. The number of nitrogens with zero attached hydrogens (tertiary/aromatic N) is 3. The number of fused-ring (bicyclic) bond motifs is 1. The number of primary sulfonamides is 1. The van der Waals surface area contributed by atoms with Gasteiger partial charge < -0.3 is 19.9 Å². The van der Waals surface area contributed by atoms with Crippen LogP contribution in [0.3, 0.4) is 0 Å². The van der Waals surface area contributed by atoms with E-state index in [0.29, 0.717) is 53.3 Å². The Bertz CT molecular complexity index is 1690. The first-order valence-corrected chi connectivity index (χ1v) is 13.5. The van der Waals surface area contributed by atoms with Crippen LogP contribution in [-0.2, 0) is 14.8 Å². The Morgan fingerprint density at radius 1 is 1.15 bits per heavy atom. The summed E-state index contributed by atoms with van der Waals surface area (Å²) in [5.41, 5.74) is 7.30. The molecule has 0 radical (unpaired) electrons. The molecule has 0 spiro atoms. The Morgan fingerprint density at radius 3 is 2.64 bits per heavy atom. The SMILES string of the molecule is COc1ncc(-c2cc(OCC3CCOC3)c3nc(N)nc(C)c3c2)cc1-c1c(F)ccc(S(N)(=O)=O)c1F. The lowest BCUT2D eigenvalue weighted by molar-refractivity contribution is 0.167. The average molecular weight is 558 g/mol. The first-order valence-electron chi connectivity index (χ1n) is 11.9. The van der Waals surface area contributed by atoms with Gasteiger partial charge in [-0.15, -0.1) is 0 Å². The Labute approximate surface area is 223 Å². The molecule has 10 nitrogen and oxygen atoms in total. The maximum atomic E-state index is 15.3. The monoisotopic (exact) mass is 557 g/mol. The number of nitrogen functional groups attached to an aromatic ring is 1. The molecule has 13 heteroatoms. The minimum absolute atomic E-state index is 0.0934. The smallest absolute Gasteiger partial charge is 0.240 e. The van der Waals surface area contributed by atoms with Crippen LogP contribution in [0, 0.1) is 24.5 Å². The lowest BCUT2D eigenvalue weighted by atomic mass is 9.98. The van der Waals surface area contributed by atoms with E-state index in [-0.39, 0.29) is 23.3 Å². The van der Waals surface area contributed by atoms with Gasteiger partial charge in [-0.2, -0.15) is 0 Å². The van der Waals surface area contributed by atoms with E-state index in [1.807, 2.05) is 0 Å². The van der Waals surface area contributed by atoms with Crippen molar-refractivity contribution in [3.63, 3.8) is 0 Å². The van der Waals surface area contributed by atoms with Crippen molar-refractivity contribution in [3.8, 4) is 33.9 Å². The van der Waals surface area contributed by atoms with Gasteiger partial charge in [-0.1, -0.05) is 0 Å². The molecule has 2 aromatic heterocycles. The third kappa shape index (κ3) is 5.20. The molecule has 2 aromatic carbocycles. The second kappa shape index (κ2) is 10.3. The van der Waals surface area contributed by atoms with Gasteiger partial charge in [0.25, 0.3) is 0 Å². The number of hydrogen-bond donors (Lipinski definition) is 2. The predicted molar refractivity (Wildman–Crippen MR) is 140 cm³/mol. The van der Waals surface area contributed by atoms with E-state index in [2.05, 4.69) is 15.0 Å². The lowest BCUT2D eigenvalue weighted by Crippen LogP contribution is -2.15.